The van der Waals surface area contributed by atoms with E-state index < -0.39 is 0 Å². The molecule has 16 heavy (non-hydrogen) atoms. The molecule has 0 bridgehead atoms. The summed E-state index contributed by atoms with van der Waals surface area (Å²) in [6.45, 7) is 0.657. The van der Waals surface area contributed by atoms with Crippen molar-refractivity contribution in [3.8, 4) is 0 Å². The van der Waals surface area contributed by atoms with Crippen LogP contribution >= 0.6 is 15.9 Å². The molecule has 0 spiro atoms. The summed E-state index contributed by atoms with van der Waals surface area (Å²) >= 11 is 3.40. The maximum atomic E-state index is 8.42. The largest absolute Gasteiger partial charge is 0.374 e. The van der Waals surface area contributed by atoms with Crippen molar-refractivity contribution in [1.82, 2.24) is 0 Å². The highest BCUT2D eigenvalue weighted by Crippen LogP contribution is 2.30. The van der Waals surface area contributed by atoms with Gasteiger partial charge in [-0.25, -0.2) is 0 Å². The number of nitrogens with zero attached hydrogens (tertiary/aromatic N) is 3. The minimum atomic E-state index is 0.0531. The first-order chi connectivity index (χ1) is 7.79. The van der Waals surface area contributed by atoms with Gasteiger partial charge in [0.05, 0.1) is 6.10 Å². The summed E-state index contributed by atoms with van der Waals surface area (Å²) in [5.41, 5.74) is 9.56. The van der Waals surface area contributed by atoms with Crippen molar-refractivity contribution >= 4 is 15.9 Å². The first-order valence-electron chi connectivity index (χ1n) is 5.21. The number of azide groups is 1. The van der Waals surface area contributed by atoms with Crippen LogP contribution in [-0.2, 0) is 4.74 Å². The normalized spacial score (nSPS) is 24.8. The predicted molar refractivity (Wildman–Crippen MR) is 65.0 cm³/mol. The maximum absolute atomic E-state index is 8.42. The van der Waals surface area contributed by atoms with Crippen LogP contribution in [0.25, 0.3) is 10.4 Å². The predicted octanol–water partition coefficient (Wildman–Crippen LogP) is 3.98. The van der Waals surface area contributed by atoms with Crippen LogP contribution in [0.3, 0.4) is 0 Å². The Hall–Kier alpha value is -1.03. The minimum Gasteiger partial charge on any atom is -0.374 e. The van der Waals surface area contributed by atoms with Gasteiger partial charge in [-0.2, -0.15) is 0 Å². The molecule has 2 atom stereocenters. The van der Waals surface area contributed by atoms with Gasteiger partial charge in [-0.05, 0) is 36.1 Å². The van der Waals surface area contributed by atoms with Crippen LogP contribution in [0.1, 0.15) is 24.5 Å². The molecule has 0 radical (unpaired) electrons. The van der Waals surface area contributed by atoms with Gasteiger partial charge in [-0.3, -0.25) is 0 Å². The van der Waals surface area contributed by atoms with E-state index in [1.165, 1.54) is 0 Å². The Morgan fingerprint density at radius 3 is 2.81 bits per heavy atom. The average molecular weight is 282 g/mol. The summed E-state index contributed by atoms with van der Waals surface area (Å²) in [4.78, 5) is 2.86. The van der Waals surface area contributed by atoms with Crippen molar-refractivity contribution < 1.29 is 4.74 Å². The van der Waals surface area contributed by atoms with Crippen LogP contribution in [0.5, 0.6) is 0 Å². The lowest BCUT2D eigenvalue weighted by Crippen LogP contribution is -2.21. The quantitative estimate of drug-likeness (QED) is 0.460. The molecule has 1 aromatic carbocycles. The molecule has 0 saturated carbocycles. The summed E-state index contributed by atoms with van der Waals surface area (Å²) < 4.78 is 6.74. The fraction of sp³-hybridized carbons (Fsp3) is 0.455. The fourth-order valence-electron chi connectivity index (χ4n) is 1.87. The van der Waals surface area contributed by atoms with E-state index in [1.54, 1.807) is 0 Å². The summed E-state index contributed by atoms with van der Waals surface area (Å²) in [7, 11) is 0. The molecule has 0 unspecified atom stereocenters. The third-order valence-electron chi connectivity index (χ3n) is 2.71. The molecule has 2 rings (SSSR count). The van der Waals surface area contributed by atoms with Crippen LogP contribution in [0, 0.1) is 0 Å². The standard InChI is InChI=1S/C11H12BrN3O/c12-9-3-1-8(2-4-9)11-7-10(14-15-13)5-6-16-11/h1-4,10-11H,5-7H2/t10-,11+/m0/s1. The third kappa shape index (κ3) is 2.76. The Bertz CT molecular complexity index is 400. The van der Waals surface area contributed by atoms with Gasteiger partial charge in [-0.1, -0.05) is 33.2 Å². The molecular weight excluding hydrogens is 270 g/mol. The van der Waals surface area contributed by atoms with Crippen molar-refractivity contribution in [3.63, 3.8) is 0 Å². The first kappa shape index (κ1) is 11.5. The zero-order chi connectivity index (χ0) is 11.4. The molecule has 1 fully saturated rings. The Balaban J connectivity index is 2.09. The van der Waals surface area contributed by atoms with Gasteiger partial charge in [0.25, 0.3) is 0 Å². The lowest BCUT2D eigenvalue weighted by Gasteiger charge is -2.27. The Labute approximate surface area is 102 Å². The summed E-state index contributed by atoms with van der Waals surface area (Å²) in [5, 5.41) is 3.77. The number of rotatable bonds is 2. The monoisotopic (exact) mass is 281 g/mol. The smallest absolute Gasteiger partial charge is 0.0828 e. The molecule has 1 heterocycles. The first-order valence-corrected chi connectivity index (χ1v) is 6.00. The summed E-state index contributed by atoms with van der Waals surface area (Å²) in [5.74, 6) is 0. The molecule has 1 saturated heterocycles. The molecule has 0 aromatic heterocycles. The van der Waals surface area contributed by atoms with Gasteiger partial charge in [0.1, 0.15) is 0 Å². The van der Waals surface area contributed by atoms with E-state index in [0.717, 1.165) is 22.9 Å². The number of hydrogen-bond donors (Lipinski definition) is 0. The highest BCUT2D eigenvalue weighted by Gasteiger charge is 2.22. The molecule has 5 heteroatoms. The van der Waals surface area contributed by atoms with Gasteiger partial charge in [0, 0.05) is 22.0 Å². The lowest BCUT2D eigenvalue weighted by molar-refractivity contribution is 0.00674. The number of ether oxygens (including phenoxy) is 1. The third-order valence-corrected chi connectivity index (χ3v) is 3.24. The molecular formula is C11H12BrN3O. The van der Waals surface area contributed by atoms with E-state index in [1.807, 2.05) is 24.3 Å². The van der Waals surface area contributed by atoms with Crippen molar-refractivity contribution in [2.75, 3.05) is 6.61 Å². The van der Waals surface area contributed by atoms with Crippen LogP contribution in [0.2, 0.25) is 0 Å². The van der Waals surface area contributed by atoms with Gasteiger partial charge in [0.2, 0.25) is 0 Å². The molecule has 1 aliphatic rings. The second-order valence-electron chi connectivity index (χ2n) is 3.79. The second-order valence-corrected chi connectivity index (χ2v) is 4.71. The summed E-state index contributed by atoms with van der Waals surface area (Å²) in [6.07, 6.45) is 1.64. The Morgan fingerprint density at radius 1 is 1.38 bits per heavy atom. The van der Waals surface area contributed by atoms with Crippen LogP contribution in [-0.4, -0.2) is 12.6 Å². The molecule has 0 aliphatic carbocycles. The fourth-order valence-corrected chi connectivity index (χ4v) is 2.13. The van der Waals surface area contributed by atoms with Crippen molar-refractivity contribution in [2.45, 2.75) is 25.0 Å². The highest BCUT2D eigenvalue weighted by atomic mass is 79.9. The number of hydrogen-bond acceptors (Lipinski definition) is 2. The number of benzene rings is 1. The maximum Gasteiger partial charge on any atom is 0.0828 e. The second kappa shape index (κ2) is 5.34. The lowest BCUT2D eigenvalue weighted by atomic mass is 9.98. The SMILES string of the molecule is [N-]=[N+]=N[C@H]1CCO[C@@H](c2ccc(Br)cc2)C1. The van der Waals surface area contributed by atoms with Crippen LogP contribution < -0.4 is 0 Å². The zero-order valence-corrected chi connectivity index (χ0v) is 10.3. The van der Waals surface area contributed by atoms with E-state index in [9.17, 15) is 0 Å². The Kier molecular flexibility index (Phi) is 3.83. The van der Waals surface area contributed by atoms with Gasteiger partial charge in [-0.15, -0.1) is 0 Å². The van der Waals surface area contributed by atoms with Gasteiger partial charge >= 0.3 is 0 Å². The highest BCUT2D eigenvalue weighted by molar-refractivity contribution is 9.10. The summed E-state index contributed by atoms with van der Waals surface area (Å²) in [6, 6.07) is 8.12. The minimum absolute atomic E-state index is 0.0531. The molecule has 0 amide bonds. The van der Waals surface area contributed by atoms with Crippen LogP contribution in [0.15, 0.2) is 33.9 Å². The molecule has 1 aliphatic heterocycles. The van der Waals surface area contributed by atoms with E-state index in [-0.39, 0.29) is 12.1 Å². The van der Waals surface area contributed by atoms with Gasteiger partial charge < -0.3 is 4.74 Å². The molecule has 0 N–H and O–H groups in total. The topological polar surface area (TPSA) is 58.0 Å². The molecule has 1 aromatic rings. The average Bonchev–Trinajstić information content (AvgIpc) is 2.31. The molecule has 84 valence electrons. The van der Waals surface area contributed by atoms with Gasteiger partial charge in [0.15, 0.2) is 0 Å². The Morgan fingerprint density at radius 2 is 2.12 bits per heavy atom. The van der Waals surface area contributed by atoms with E-state index in [0.29, 0.717) is 6.61 Å². The van der Waals surface area contributed by atoms with E-state index in [2.05, 4.69) is 26.0 Å². The van der Waals surface area contributed by atoms with Crippen molar-refractivity contribution in [2.24, 2.45) is 5.11 Å². The van der Waals surface area contributed by atoms with Crippen LogP contribution in [0.4, 0.5) is 0 Å². The number of halogens is 1. The van der Waals surface area contributed by atoms with Crippen molar-refractivity contribution in [1.29, 1.82) is 0 Å². The zero-order valence-electron chi connectivity index (χ0n) is 8.71. The van der Waals surface area contributed by atoms with E-state index >= 15 is 0 Å². The van der Waals surface area contributed by atoms with E-state index in [4.69, 9.17) is 10.3 Å². The molecule has 4 nitrogen and oxygen atoms in total. The van der Waals surface area contributed by atoms with Crippen molar-refractivity contribution in [3.05, 3.63) is 44.7 Å².